The molecule has 0 heterocycles. The molecule has 0 spiro atoms. The molecule has 0 saturated heterocycles. The van der Waals surface area contributed by atoms with Crippen LogP contribution < -0.4 is 10.1 Å². The molecule has 8 heteroatoms. The maximum Gasteiger partial charge on any atom is 0.412 e. The number of ether oxygens (including phenoxy) is 2. The van der Waals surface area contributed by atoms with E-state index in [0.717, 1.165) is 0 Å². The Morgan fingerprint density at radius 1 is 1.30 bits per heavy atom. The molecule has 112 valence electrons. The zero-order chi connectivity index (χ0) is 15.6. The standard InChI is InChI=1S/C12H16ClNO5S/c1-12(2,3)19-11(15)14-9-6-5-8(18-4)7-10(9)20(13,16)17/h5-7H,1-4H3,(H,14,15). The maximum absolute atomic E-state index is 11.7. The highest BCUT2D eigenvalue weighted by Crippen LogP contribution is 2.29. The second-order valence-corrected chi connectivity index (χ2v) is 7.46. The third-order valence-electron chi connectivity index (χ3n) is 2.09. The lowest BCUT2D eigenvalue weighted by molar-refractivity contribution is 0.0635. The first kappa shape index (κ1) is 16.6. The van der Waals surface area contributed by atoms with Crippen LogP contribution in [-0.4, -0.2) is 27.2 Å². The van der Waals surface area contributed by atoms with Crippen LogP contribution in [0.4, 0.5) is 10.5 Å². The smallest absolute Gasteiger partial charge is 0.412 e. The molecule has 1 aromatic rings. The predicted octanol–water partition coefficient (Wildman–Crippen LogP) is 2.97. The second-order valence-electron chi connectivity index (χ2n) is 4.93. The minimum Gasteiger partial charge on any atom is -0.497 e. The predicted molar refractivity (Wildman–Crippen MR) is 75.9 cm³/mol. The summed E-state index contributed by atoms with van der Waals surface area (Å²) < 4.78 is 33.0. The maximum atomic E-state index is 11.7. The fourth-order valence-corrected chi connectivity index (χ4v) is 2.37. The van der Waals surface area contributed by atoms with Gasteiger partial charge in [-0.05, 0) is 32.9 Å². The van der Waals surface area contributed by atoms with Gasteiger partial charge in [-0.15, -0.1) is 0 Å². The van der Waals surface area contributed by atoms with Crippen LogP contribution in [0.25, 0.3) is 0 Å². The molecule has 0 saturated carbocycles. The van der Waals surface area contributed by atoms with Gasteiger partial charge in [0.2, 0.25) is 0 Å². The third-order valence-corrected chi connectivity index (χ3v) is 3.45. The monoisotopic (exact) mass is 321 g/mol. The highest BCUT2D eigenvalue weighted by Gasteiger charge is 2.21. The number of amides is 1. The van der Waals surface area contributed by atoms with Crippen molar-refractivity contribution in [2.45, 2.75) is 31.3 Å². The number of hydrogen-bond acceptors (Lipinski definition) is 5. The fraction of sp³-hybridized carbons (Fsp3) is 0.417. The molecular formula is C12H16ClNO5S. The number of carbonyl (C=O) groups excluding carboxylic acids is 1. The third kappa shape index (κ3) is 4.90. The van der Waals surface area contributed by atoms with Crippen molar-refractivity contribution < 1.29 is 22.7 Å². The quantitative estimate of drug-likeness (QED) is 0.865. The molecule has 0 aliphatic rings. The minimum absolute atomic E-state index is 0.0232. The van der Waals surface area contributed by atoms with E-state index in [1.165, 1.54) is 25.3 Å². The summed E-state index contributed by atoms with van der Waals surface area (Å²) in [6.07, 6.45) is -0.774. The molecule has 0 aromatic heterocycles. The molecular weight excluding hydrogens is 306 g/mol. The Labute approximate surface area is 122 Å². The zero-order valence-corrected chi connectivity index (χ0v) is 13.1. The van der Waals surface area contributed by atoms with Gasteiger partial charge in [-0.1, -0.05) is 0 Å². The average Bonchev–Trinajstić information content (AvgIpc) is 2.25. The Morgan fingerprint density at radius 2 is 1.90 bits per heavy atom. The molecule has 0 aliphatic carbocycles. The molecule has 20 heavy (non-hydrogen) atoms. The Bertz CT molecular complexity index is 607. The van der Waals surface area contributed by atoms with E-state index in [-0.39, 0.29) is 10.6 Å². The summed E-state index contributed by atoms with van der Waals surface area (Å²) in [5.41, 5.74) is -0.675. The van der Waals surface area contributed by atoms with E-state index in [4.69, 9.17) is 20.2 Å². The Hall–Kier alpha value is -1.47. The van der Waals surface area contributed by atoms with Crippen molar-refractivity contribution in [2.24, 2.45) is 0 Å². The van der Waals surface area contributed by atoms with E-state index < -0.39 is 20.7 Å². The highest BCUT2D eigenvalue weighted by molar-refractivity contribution is 8.13. The average molecular weight is 322 g/mol. The van der Waals surface area contributed by atoms with Crippen LogP contribution in [0.2, 0.25) is 0 Å². The summed E-state index contributed by atoms with van der Waals surface area (Å²) >= 11 is 0. The second kappa shape index (κ2) is 5.88. The van der Waals surface area contributed by atoms with Crippen molar-refractivity contribution in [2.75, 3.05) is 12.4 Å². The molecule has 1 amide bonds. The molecule has 0 radical (unpaired) electrons. The SMILES string of the molecule is COc1ccc(NC(=O)OC(C)(C)C)c(S(=O)(=O)Cl)c1. The molecule has 1 N–H and O–H groups in total. The van der Waals surface area contributed by atoms with E-state index in [1.807, 2.05) is 0 Å². The van der Waals surface area contributed by atoms with Gasteiger partial charge in [0.25, 0.3) is 9.05 Å². The Balaban J connectivity index is 3.10. The fourth-order valence-electron chi connectivity index (χ4n) is 1.35. The van der Waals surface area contributed by atoms with Crippen molar-refractivity contribution in [3.05, 3.63) is 18.2 Å². The number of carbonyl (C=O) groups is 1. The number of anilines is 1. The topological polar surface area (TPSA) is 81.7 Å². The normalized spacial score (nSPS) is 11.8. The zero-order valence-electron chi connectivity index (χ0n) is 11.6. The molecule has 0 aliphatic heterocycles. The van der Waals surface area contributed by atoms with Crippen LogP contribution in [0, 0.1) is 0 Å². The molecule has 0 bridgehead atoms. The number of nitrogens with one attached hydrogen (secondary N) is 1. The first-order valence-corrected chi connectivity index (χ1v) is 7.96. The summed E-state index contributed by atoms with van der Waals surface area (Å²) in [5, 5.41) is 2.34. The van der Waals surface area contributed by atoms with E-state index in [0.29, 0.717) is 5.75 Å². The number of halogens is 1. The summed E-state index contributed by atoms with van der Waals surface area (Å²) in [4.78, 5) is 11.4. The highest BCUT2D eigenvalue weighted by atomic mass is 35.7. The van der Waals surface area contributed by atoms with E-state index in [1.54, 1.807) is 20.8 Å². The molecule has 0 fully saturated rings. The van der Waals surface area contributed by atoms with Gasteiger partial charge in [-0.25, -0.2) is 13.2 Å². The van der Waals surface area contributed by atoms with Crippen LogP contribution >= 0.6 is 10.7 Å². The number of hydrogen-bond donors (Lipinski definition) is 1. The van der Waals surface area contributed by atoms with Gasteiger partial charge >= 0.3 is 6.09 Å². The summed E-state index contributed by atoms with van der Waals surface area (Å²) in [7, 11) is 2.69. The van der Waals surface area contributed by atoms with Crippen molar-refractivity contribution in [3.8, 4) is 5.75 Å². The number of rotatable bonds is 3. The lowest BCUT2D eigenvalue weighted by atomic mass is 10.2. The van der Waals surface area contributed by atoms with Crippen LogP contribution in [0.3, 0.4) is 0 Å². The van der Waals surface area contributed by atoms with E-state index >= 15 is 0 Å². The summed E-state index contributed by atoms with van der Waals surface area (Å²) in [6, 6.07) is 4.09. The van der Waals surface area contributed by atoms with Crippen molar-refractivity contribution >= 4 is 31.5 Å². The summed E-state index contributed by atoms with van der Waals surface area (Å²) in [6.45, 7) is 5.08. The van der Waals surface area contributed by atoms with Gasteiger partial charge < -0.3 is 9.47 Å². The van der Waals surface area contributed by atoms with Gasteiger partial charge in [-0.3, -0.25) is 5.32 Å². The Kier molecular flexibility index (Phi) is 4.88. The minimum atomic E-state index is -4.03. The van der Waals surface area contributed by atoms with Gasteiger partial charge in [0, 0.05) is 16.7 Å². The van der Waals surface area contributed by atoms with Crippen molar-refractivity contribution in [3.63, 3.8) is 0 Å². The van der Waals surface area contributed by atoms with Crippen molar-refractivity contribution in [1.82, 2.24) is 0 Å². The van der Waals surface area contributed by atoms with Gasteiger partial charge in [0.1, 0.15) is 16.2 Å². The van der Waals surface area contributed by atoms with Gasteiger partial charge in [0.05, 0.1) is 12.8 Å². The first-order chi connectivity index (χ1) is 9.03. The Morgan fingerprint density at radius 3 is 2.35 bits per heavy atom. The van der Waals surface area contributed by atoms with Crippen LogP contribution in [0.1, 0.15) is 20.8 Å². The van der Waals surface area contributed by atoms with Crippen LogP contribution in [-0.2, 0) is 13.8 Å². The first-order valence-electron chi connectivity index (χ1n) is 5.65. The number of methoxy groups -OCH3 is 1. The molecule has 0 atom stereocenters. The molecule has 1 aromatic carbocycles. The molecule has 1 rings (SSSR count). The van der Waals surface area contributed by atoms with E-state index in [2.05, 4.69) is 5.32 Å². The van der Waals surface area contributed by atoms with Crippen molar-refractivity contribution in [1.29, 1.82) is 0 Å². The molecule has 6 nitrogen and oxygen atoms in total. The largest absolute Gasteiger partial charge is 0.497 e. The van der Waals surface area contributed by atoms with Crippen LogP contribution in [0.15, 0.2) is 23.1 Å². The number of benzene rings is 1. The molecule has 0 unspecified atom stereocenters. The lowest BCUT2D eigenvalue weighted by Gasteiger charge is -2.20. The van der Waals surface area contributed by atoms with Gasteiger partial charge in [0.15, 0.2) is 0 Å². The summed E-state index contributed by atoms with van der Waals surface area (Å²) in [5.74, 6) is 0.305. The van der Waals surface area contributed by atoms with Crippen LogP contribution in [0.5, 0.6) is 5.75 Å². The lowest BCUT2D eigenvalue weighted by Crippen LogP contribution is -2.27. The van der Waals surface area contributed by atoms with E-state index in [9.17, 15) is 13.2 Å². The van der Waals surface area contributed by atoms with Gasteiger partial charge in [-0.2, -0.15) is 0 Å².